The van der Waals surface area contributed by atoms with E-state index >= 15 is 0 Å². The summed E-state index contributed by atoms with van der Waals surface area (Å²) in [6, 6.07) is 6.81. The van der Waals surface area contributed by atoms with E-state index in [4.69, 9.17) is 13.9 Å². The van der Waals surface area contributed by atoms with E-state index in [2.05, 4.69) is 5.32 Å². The molecule has 0 bridgehead atoms. The lowest BCUT2D eigenvalue weighted by Gasteiger charge is -2.26. The number of carbonyl (C=O) groups is 1. The maximum atomic E-state index is 12.4. The molecule has 2 heterocycles. The molecule has 9 heteroatoms. The van der Waals surface area contributed by atoms with Crippen molar-refractivity contribution in [1.29, 1.82) is 0 Å². The monoisotopic (exact) mass is 403 g/mol. The largest absolute Gasteiger partial charge is 0.464 e. The number of rotatable bonds is 8. The van der Waals surface area contributed by atoms with Gasteiger partial charge in [0.25, 0.3) is 0 Å². The highest BCUT2D eigenvalue weighted by Gasteiger charge is 2.31. The van der Waals surface area contributed by atoms with E-state index in [0.29, 0.717) is 34.2 Å². The van der Waals surface area contributed by atoms with E-state index in [1.54, 1.807) is 31.2 Å². The van der Waals surface area contributed by atoms with Crippen LogP contribution in [-0.4, -0.2) is 57.7 Å². The van der Waals surface area contributed by atoms with Crippen LogP contribution < -0.4 is 10.9 Å². The van der Waals surface area contributed by atoms with E-state index in [9.17, 15) is 24.9 Å². The van der Waals surface area contributed by atoms with Gasteiger partial charge < -0.3 is 39.4 Å². The molecule has 0 amide bonds. The zero-order valence-corrected chi connectivity index (χ0v) is 15.5. The van der Waals surface area contributed by atoms with Crippen molar-refractivity contribution in [3.8, 4) is 11.3 Å². The molecular formula is C20H21NO8. The smallest absolute Gasteiger partial charge is 0.347 e. The molecule has 0 unspecified atom stereocenters. The zero-order valence-electron chi connectivity index (χ0n) is 15.5. The summed E-state index contributed by atoms with van der Waals surface area (Å²) < 4.78 is 10.7. The van der Waals surface area contributed by atoms with Crippen LogP contribution in [0, 0.1) is 6.92 Å². The molecule has 29 heavy (non-hydrogen) atoms. The first-order chi connectivity index (χ1) is 13.9. The number of fused-ring (bicyclic) bond motifs is 1. The Morgan fingerprint density at radius 3 is 2.55 bits per heavy atom. The number of carbonyl (C=O) groups excluding carboxylic acids is 1. The number of aryl methyl sites for hydroxylation is 1. The predicted molar refractivity (Wildman–Crippen MR) is 104 cm³/mol. The van der Waals surface area contributed by atoms with E-state index in [0.717, 1.165) is 0 Å². The molecule has 0 aliphatic rings. The van der Waals surface area contributed by atoms with Crippen LogP contribution in [0.5, 0.6) is 0 Å². The number of nitrogens with one attached hydrogen (secondary N) is 1. The topological polar surface area (TPSA) is 153 Å². The molecule has 4 atom stereocenters. The van der Waals surface area contributed by atoms with Crippen molar-refractivity contribution in [2.24, 2.45) is 0 Å². The number of aldehydes is 1. The SMILES string of the molecule is Cc1c(-c2ccco2)c(=O)oc2cc(N[C@H](C=O)[C@H](O)[C@@H](O)[C@@H](O)CO)ccc12. The van der Waals surface area contributed by atoms with Crippen LogP contribution in [0.2, 0.25) is 0 Å². The number of anilines is 1. The standard InChI is InChI=1S/C20H21NO8/c1-10-12-5-4-11(21-13(8-22)18(25)19(26)14(24)9-23)7-16(12)29-20(27)17(10)15-3-2-6-28-15/h2-8,13-14,18-19,21,23-26H,9H2,1H3/t13-,14+,18+,19+/m1/s1. The first-order valence-electron chi connectivity index (χ1n) is 8.85. The van der Waals surface area contributed by atoms with Gasteiger partial charge in [-0.2, -0.15) is 0 Å². The molecule has 0 spiro atoms. The zero-order chi connectivity index (χ0) is 21.1. The Labute approximate surface area is 164 Å². The Balaban J connectivity index is 1.93. The van der Waals surface area contributed by atoms with Crippen LogP contribution in [0.3, 0.4) is 0 Å². The van der Waals surface area contributed by atoms with E-state index in [-0.39, 0.29) is 5.58 Å². The number of furan rings is 1. The van der Waals surface area contributed by atoms with Crippen LogP contribution in [0.25, 0.3) is 22.3 Å². The molecule has 5 N–H and O–H groups in total. The van der Waals surface area contributed by atoms with Crippen molar-refractivity contribution in [2.75, 3.05) is 11.9 Å². The van der Waals surface area contributed by atoms with Gasteiger partial charge in [-0.3, -0.25) is 0 Å². The summed E-state index contributed by atoms with van der Waals surface area (Å²) in [5.74, 6) is 0.390. The van der Waals surface area contributed by atoms with Crippen molar-refractivity contribution in [1.82, 2.24) is 0 Å². The lowest BCUT2D eigenvalue weighted by Crippen LogP contribution is -2.49. The summed E-state index contributed by atoms with van der Waals surface area (Å²) >= 11 is 0. The van der Waals surface area contributed by atoms with Crippen LogP contribution in [-0.2, 0) is 4.79 Å². The second-order valence-corrected chi connectivity index (χ2v) is 6.62. The second-order valence-electron chi connectivity index (χ2n) is 6.62. The second kappa shape index (κ2) is 8.58. The fourth-order valence-electron chi connectivity index (χ4n) is 3.09. The Bertz CT molecular complexity index is 1040. The molecule has 3 aromatic rings. The molecule has 0 fully saturated rings. The van der Waals surface area contributed by atoms with Gasteiger partial charge >= 0.3 is 5.63 Å². The van der Waals surface area contributed by atoms with Gasteiger partial charge in [0.2, 0.25) is 0 Å². The van der Waals surface area contributed by atoms with Crippen molar-refractivity contribution >= 4 is 22.9 Å². The minimum Gasteiger partial charge on any atom is -0.464 e. The van der Waals surface area contributed by atoms with Gasteiger partial charge in [-0.1, -0.05) is 0 Å². The maximum absolute atomic E-state index is 12.4. The normalized spacial score (nSPS) is 15.6. The molecule has 0 aliphatic heterocycles. The average molecular weight is 403 g/mol. The fraction of sp³-hybridized carbons (Fsp3) is 0.300. The summed E-state index contributed by atoms with van der Waals surface area (Å²) in [5.41, 5.74) is 0.975. The Morgan fingerprint density at radius 2 is 1.93 bits per heavy atom. The lowest BCUT2D eigenvalue weighted by atomic mass is 10.0. The molecule has 3 rings (SSSR count). The third-order valence-electron chi connectivity index (χ3n) is 4.71. The van der Waals surface area contributed by atoms with Crippen molar-refractivity contribution < 1.29 is 34.1 Å². The fourth-order valence-corrected chi connectivity index (χ4v) is 3.09. The van der Waals surface area contributed by atoms with Gasteiger partial charge in [0.1, 0.15) is 47.5 Å². The number of hydrogen-bond acceptors (Lipinski definition) is 9. The highest BCUT2D eigenvalue weighted by molar-refractivity contribution is 5.88. The first-order valence-corrected chi connectivity index (χ1v) is 8.85. The van der Waals surface area contributed by atoms with Crippen LogP contribution >= 0.6 is 0 Å². The lowest BCUT2D eigenvalue weighted by molar-refractivity contribution is -0.117. The number of aliphatic hydroxyl groups excluding tert-OH is 4. The molecule has 0 saturated heterocycles. The number of benzene rings is 1. The van der Waals surface area contributed by atoms with Gasteiger partial charge in [-0.15, -0.1) is 0 Å². The quantitative estimate of drug-likeness (QED) is 0.266. The molecule has 154 valence electrons. The summed E-state index contributed by atoms with van der Waals surface area (Å²) in [5, 5.41) is 41.6. The molecule has 9 nitrogen and oxygen atoms in total. The van der Waals surface area contributed by atoms with Crippen LogP contribution in [0.15, 0.2) is 50.2 Å². The molecule has 2 aromatic heterocycles. The first kappa shape index (κ1) is 20.7. The van der Waals surface area contributed by atoms with E-state index in [1.165, 1.54) is 12.3 Å². The Hall–Kier alpha value is -2.98. The predicted octanol–water partition coefficient (Wildman–Crippen LogP) is 0.416. The van der Waals surface area contributed by atoms with Gasteiger partial charge in [0.05, 0.1) is 12.9 Å². The average Bonchev–Trinajstić information content (AvgIpc) is 3.24. The van der Waals surface area contributed by atoms with Crippen molar-refractivity contribution in [2.45, 2.75) is 31.3 Å². The molecular weight excluding hydrogens is 382 g/mol. The Kier molecular flexibility index (Phi) is 6.14. The molecule has 0 aliphatic carbocycles. The molecule has 0 saturated carbocycles. The Morgan fingerprint density at radius 1 is 1.17 bits per heavy atom. The number of aliphatic hydroxyl groups is 4. The summed E-state index contributed by atoms with van der Waals surface area (Å²) in [6.07, 6.45) is -3.20. The van der Waals surface area contributed by atoms with Gasteiger partial charge in [0.15, 0.2) is 0 Å². The van der Waals surface area contributed by atoms with Crippen LogP contribution in [0.4, 0.5) is 5.69 Å². The minimum absolute atomic E-state index is 0.253. The van der Waals surface area contributed by atoms with Crippen LogP contribution in [0.1, 0.15) is 5.56 Å². The number of hydrogen-bond donors (Lipinski definition) is 5. The third-order valence-corrected chi connectivity index (χ3v) is 4.71. The summed E-state index contributed by atoms with van der Waals surface area (Å²) in [4.78, 5) is 23.8. The van der Waals surface area contributed by atoms with E-state index in [1.807, 2.05) is 0 Å². The molecule has 0 radical (unpaired) electrons. The third kappa shape index (κ3) is 4.08. The van der Waals surface area contributed by atoms with E-state index < -0.39 is 36.6 Å². The minimum atomic E-state index is -1.74. The maximum Gasteiger partial charge on any atom is 0.347 e. The van der Waals surface area contributed by atoms with Crippen molar-refractivity contribution in [3.05, 3.63) is 52.6 Å². The molecule has 1 aromatic carbocycles. The highest BCUT2D eigenvalue weighted by Crippen LogP contribution is 2.28. The van der Waals surface area contributed by atoms with Gasteiger partial charge in [0, 0.05) is 17.1 Å². The summed E-state index contributed by atoms with van der Waals surface area (Å²) in [6.45, 7) is 0.983. The van der Waals surface area contributed by atoms with Crippen molar-refractivity contribution in [3.63, 3.8) is 0 Å². The van der Waals surface area contributed by atoms with Gasteiger partial charge in [-0.05, 0) is 36.8 Å². The van der Waals surface area contributed by atoms with Gasteiger partial charge in [-0.25, -0.2) is 4.79 Å². The highest BCUT2D eigenvalue weighted by atomic mass is 16.4. The summed E-state index contributed by atoms with van der Waals surface area (Å²) in [7, 11) is 0.